The van der Waals surface area contributed by atoms with Crippen LogP contribution in [0.3, 0.4) is 0 Å². The molecule has 2 atom stereocenters. The van der Waals surface area contributed by atoms with E-state index in [4.69, 9.17) is 9.15 Å². The summed E-state index contributed by atoms with van der Waals surface area (Å²) in [6.07, 6.45) is -1.46. The summed E-state index contributed by atoms with van der Waals surface area (Å²) in [5.41, 5.74) is -0.794. The van der Waals surface area contributed by atoms with Gasteiger partial charge in [0.05, 0.1) is 11.8 Å². The van der Waals surface area contributed by atoms with Gasteiger partial charge in [-0.05, 0) is 25.1 Å². The van der Waals surface area contributed by atoms with E-state index in [9.17, 15) is 13.2 Å². The summed E-state index contributed by atoms with van der Waals surface area (Å²) in [5.74, 6) is 0.107. The molecule has 4 nitrogen and oxygen atoms in total. The number of nitrogens with one attached hydrogen (secondary N) is 1. The van der Waals surface area contributed by atoms with Crippen molar-refractivity contribution in [3.8, 4) is 5.75 Å². The molecule has 1 saturated heterocycles. The van der Waals surface area contributed by atoms with Crippen LogP contribution in [0.15, 0.2) is 41.1 Å². The van der Waals surface area contributed by atoms with Crippen LogP contribution in [-0.4, -0.2) is 18.1 Å². The zero-order valence-corrected chi connectivity index (χ0v) is 11.6. The summed E-state index contributed by atoms with van der Waals surface area (Å²) < 4.78 is 50.2. The number of para-hydroxylation sites is 1. The van der Waals surface area contributed by atoms with Gasteiger partial charge < -0.3 is 14.5 Å². The van der Waals surface area contributed by atoms with Crippen molar-refractivity contribution in [2.75, 3.05) is 13.1 Å². The molecule has 0 aliphatic carbocycles. The first-order chi connectivity index (χ1) is 10.6. The molecule has 1 aromatic carbocycles. The zero-order valence-electron chi connectivity index (χ0n) is 11.6. The Morgan fingerprint density at radius 1 is 1.32 bits per heavy atom. The van der Waals surface area contributed by atoms with E-state index < -0.39 is 17.8 Å². The smallest absolute Gasteiger partial charge is 0.419 e. The van der Waals surface area contributed by atoms with Gasteiger partial charge in [-0.3, -0.25) is 0 Å². The van der Waals surface area contributed by atoms with Gasteiger partial charge in [0.15, 0.2) is 6.10 Å². The molecule has 3 rings (SSSR count). The van der Waals surface area contributed by atoms with Gasteiger partial charge in [0.25, 0.3) is 0 Å². The first-order valence-electron chi connectivity index (χ1n) is 6.98. The molecule has 1 aromatic heterocycles. The summed E-state index contributed by atoms with van der Waals surface area (Å²) in [7, 11) is 0. The van der Waals surface area contributed by atoms with Gasteiger partial charge in [-0.25, -0.2) is 4.98 Å². The Balaban J connectivity index is 1.91. The molecule has 2 heterocycles. The number of nitrogens with zero attached hydrogens (tertiary/aromatic N) is 1. The fourth-order valence-electron chi connectivity index (χ4n) is 2.60. The first-order valence-corrected chi connectivity index (χ1v) is 6.98. The van der Waals surface area contributed by atoms with Crippen LogP contribution in [0.25, 0.3) is 0 Å². The van der Waals surface area contributed by atoms with E-state index >= 15 is 0 Å². The second kappa shape index (κ2) is 6.00. The quantitative estimate of drug-likeness (QED) is 0.939. The number of hydrogen-bond donors (Lipinski definition) is 1. The number of ether oxygens (including phenoxy) is 1. The summed E-state index contributed by atoms with van der Waals surface area (Å²) in [6.45, 7) is 1.45. The second-order valence-corrected chi connectivity index (χ2v) is 5.16. The van der Waals surface area contributed by atoms with Crippen molar-refractivity contribution >= 4 is 0 Å². The lowest BCUT2D eigenvalue weighted by Crippen LogP contribution is -2.23. The molecule has 1 aliphatic rings. The van der Waals surface area contributed by atoms with Crippen LogP contribution >= 0.6 is 0 Å². The van der Waals surface area contributed by atoms with E-state index in [0.29, 0.717) is 12.4 Å². The van der Waals surface area contributed by atoms with Gasteiger partial charge in [0.1, 0.15) is 12.0 Å². The first kappa shape index (κ1) is 14.9. The van der Waals surface area contributed by atoms with Crippen LogP contribution < -0.4 is 10.1 Å². The average molecular weight is 312 g/mol. The summed E-state index contributed by atoms with van der Waals surface area (Å²) in [6, 6.07) is 5.19. The van der Waals surface area contributed by atoms with Crippen molar-refractivity contribution in [3.63, 3.8) is 0 Å². The topological polar surface area (TPSA) is 47.3 Å². The highest BCUT2D eigenvalue weighted by atomic mass is 19.4. The third-order valence-corrected chi connectivity index (χ3v) is 3.67. The molecule has 0 spiro atoms. The Morgan fingerprint density at radius 3 is 2.77 bits per heavy atom. The van der Waals surface area contributed by atoms with Crippen LogP contribution in [0.1, 0.15) is 24.0 Å². The van der Waals surface area contributed by atoms with Gasteiger partial charge in [-0.1, -0.05) is 12.1 Å². The molecule has 0 radical (unpaired) electrons. The molecular formula is C15H15F3N2O2. The van der Waals surface area contributed by atoms with E-state index in [1.807, 2.05) is 0 Å². The summed E-state index contributed by atoms with van der Waals surface area (Å²) in [5, 5.41) is 3.17. The maximum Gasteiger partial charge on any atom is 0.419 e. The molecule has 1 aliphatic heterocycles. The van der Waals surface area contributed by atoms with Crippen molar-refractivity contribution in [1.82, 2.24) is 10.3 Å². The largest absolute Gasteiger partial charge is 0.480 e. The zero-order chi connectivity index (χ0) is 15.6. The number of alkyl halides is 3. The lowest BCUT2D eigenvalue weighted by molar-refractivity contribution is -0.139. The van der Waals surface area contributed by atoms with E-state index in [1.165, 1.54) is 30.7 Å². The van der Waals surface area contributed by atoms with Gasteiger partial charge in [0.2, 0.25) is 5.89 Å². The van der Waals surface area contributed by atoms with E-state index in [1.54, 1.807) is 0 Å². The van der Waals surface area contributed by atoms with Gasteiger partial charge in [-0.15, -0.1) is 0 Å². The second-order valence-electron chi connectivity index (χ2n) is 5.16. The standard InChI is InChI=1S/C15H15F3N2O2/c16-15(17,18)11-3-1-2-4-12(11)22-13(10-5-6-19-9-10)14-20-7-8-21-14/h1-4,7-8,10,13,19H,5-6,9H2/t10-,13+/m1/s1. The van der Waals surface area contributed by atoms with Gasteiger partial charge in [-0.2, -0.15) is 13.2 Å². The lowest BCUT2D eigenvalue weighted by atomic mass is 10.0. The minimum atomic E-state index is -4.47. The predicted molar refractivity (Wildman–Crippen MR) is 72.3 cm³/mol. The molecule has 7 heteroatoms. The van der Waals surface area contributed by atoms with Crippen molar-refractivity contribution in [2.45, 2.75) is 18.7 Å². The number of benzene rings is 1. The molecule has 2 aromatic rings. The highest BCUT2D eigenvalue weighted by Gasteiger charge is 2.37. The Bertz CT molecular complexity index is 608. The van der Waals surface area contributed by atoms with Crippen LogP contribution in [0.2, 0.25) is 0 Å². The predicted octanol–water partition coefficient (Wildman–Crippen LogP) is 3.42. The van der Waals surface area contributed by atoms with Crippen molar-refractivity contribution in [2.24, 2.45) is 5.92 Å². The van der Waals surface area contributed by atoms with Gasteiger partial charge in [0, 0.05) is 12.5 Å². The van der Waals surface area contributed by atoms with E-state index in [0.717, 1.165) is 19.0 Å². The fourth-order valence-corrected chi connectivity index (χ4v) is 2.60. The maximum absolute atomic E-state index is 13.1. The van der Waals surface area contributed by atoms with Crippen LogP contribution in [0.4, 0.5) is 13.2 Å². The third-order valence-electron chi connectivity index (χ3n) is 3.67. The Kier molecular flexibility index (Phi) is 4.06. The Hall–Kier alpha value is -2.02. The maximum atomic E-state index is 13.1. The molecule has 1 N–H and O–H groups in total. The Morgan fingerprint density at radius 2 is 2.14 bits per heavy atom. The number of oxazole rings is 1. The monoisotopic (exact) mass is 312 g/mol. The molecule has 0 saturated carbocycles. The fraction of sp³-hybridized carbons (Fsp3) is 0.400. The average Bonchev–Trinajstić information content (AvgIpc) is 3.18. The normalized spacial score (nSPS) is 20.0. The highest BCUT2D eigenvalue weighted by molar-refractivity contribution is 5.36. The lowest BCUT2D eigenvalue weighted by Gasteiger charge is -2.23. The van der Waals surface area contributed by atoms with Crippen LogP contribution in [0, 0.1) is 5.92 Å². The molecular weight excluding hydrogens is 297 g/mol. The Labute approximate surface area is 125 Å². The van der Waals surface area contributed by atoms with Crippen LogP contribution in [-0.2, 0) is 6.18 Å². The van der Waals surface area contributed by atoms with Crippen molar-refractivity contribution < 1.29 is 22.3 Å². The molecule has 0 amide bonds. The molecule has 0 unspecified atom stereocenters. The van der Waals surface area contributed by atoms with Crippen molar-refractivity contribution in [3.05, 3.63) is 48.2 Å². The SMILES string of the molecule is FC(F)(F)c1ccccc1O[C@H](c1ncco1)[C@@H]1CCNC1. The number of aromatic nitrogens is 1. The van der Waals surface area contributed by atoms with Gasteiger partial charge >= 0.3 is 6.18 Å². The number of rotatable bonds is 4. The summed E-state index contributed by atoms with van der Waals surface area (Å²) >= 11 is 0. The number of halogens is 3. The number of hydrogen-bond acceptors (Lipinski definition) is 4. The molecule has 118 valence electrons. The van der Waals surface area contributed by atoms with Crippen LogP contribution in [0.5, 0.6) is 5.75 Å². The molecule has 1 fully saturated rings. The third kappa shape index (κ3) is 3.09. The van der Waals surface area contributed by atoms with Crippen molar-refractivity contribution in [1.29, 1.82) is 0 Å². The minimum absolute atomic E-state index is 0.0138. The highest BCUT2D eigenvalue weighted by Crippen LogP contribution is 2.39. The molecule has 0 bridgehead atoms. The minimum Gasteiger partial charge on any atom is -0.480 e. The van der Waals surface area contributed by atoms with E-state index in [2.05, 4.69) is 10.3 Å². The van der Waals surface area contributed by atoms with E-state index in [-0.39, 0.29) is 11.7 Å². The molecule has 22 heavy (non-hydrogen) atoms. The summed E-state index contributed by atoms with van der Waals surface area (Å²) in [4.78, 5) is 4.05.